The summed E-state index contributed by atoms with van der Waals surface area (Å²) in [4.78, 5) is 23.0. The van der Waals surface area contributed by atoms with Gasteiger partial charge in [0.15, 0.2) is 0 Å². The first kappa shape index (κ1) is 18.9. The first-order valence-corrected chi connectivity index (χ1v) is 8.66. The van der Waals surface area contributed by atoms with Gasteiger partial charge in [-0.15, -0.1) is 0 Å². The van der Waals surface area contributed by atoms with Crippen molar-refractivity contribution in [1.82, 2.24) is 9.97 Å². The van der Waals surface area contributed by atoms with Crippen molar-refractivity contribution >= 4 is 28.9 Å². The summed E-state index contributed by atoms with van der Waals surface area (Å²) in [5.41, 5.74) is 2.39. The maximum Gasteiger partial charge on any atom is 0.255 e. The molecule has 0 aliphatic carbocycles. The predicted octanol–water partition coefficient (Wildman–Crippen LogP) is 3.72. The largest absolute Gasteiger partial charge is 0.363 e. The Morgan fingerprint density at radius 1 is 1.04 bits per heavy atom. The molecule has 3 aromatic rings. The van der Waals surface area contributed by atoms with Gasteiger partial charge < -0.3 is 15.5 Å². The Labute approximate surface area is 163 Å². The van der Waals surface area contributed by atoms with E-state index >= 15 is 0 Å². The van der Waals surface area contributed by atoms with Crippen molar-refractivity contribution in [3.05, 3.63) is 71.5 Å². The first-order chi connectivity index (χ1) is 13.4. The number of carbonyl (C=O) groups is 1. The number of benzene rings is 2. The lowest BCUT2D eigenvalue weighted by molar-refractivity contribution is 0.102. The van der Waals surface area contributed by atoms with Crippen LogP contribution in [-0.2, 0) is 0 Å². The van der Waals surface area contributed by atoms with Crippen LogP contribution < -0.4 is 15.5 Å². The van der Waals surface area contributed by atoms with Crippen LogP contribution in [0.3, 0.4) is 0 Å². The van der Waals surface area contributed by atoms with Crippen molar-refractivity contribution in [2.45, 2.75) is 6.92 Å². The molecule has 2 N–H and O–H groups in total. The third-order valence-corrected chi connectivity index (χ3v) is 3.95. The van der Waals surface area contributed by atoms with Crippen LogP contribution in [0.25, 0.3) is 0 Å². The Hall–Kier alpha value is -3.92. The zero-order valence-corrected chi connectivity index (χ0v) is 15.9. The summed E-state index contributed by atoms with van der Waals surface area (Å²) in [7, 11) is 3.85. The van der Waals surface area contributed by atoms with Gasteiger partial charge in [-0.1, -0.05) is 6.07 Å². The average Bonchev–Trinajstić information content (AvgIpc) is 2.69. The molecule has 0 aliphatic rings. The van der Waals surface area contributed by atoms with Crippen molar-refractivity contribution in [2.24, 2.45) is 0 Å². The molecule has 1 aromatic heterocycles. The van der Waals surface area contributed by atoms with E-state index in [2.05, 4.69) is 20.6 Å². The highest BCUT2D eigenvalue weighted by molar-refractivity contribution is 6.04. The van der Waals surface area contributed by atoms with Crippen molar-refractivity contribution in [1.29, 1.82) is 5.26 Å². The number of amides is 1. The monoisotopic (exact) mass is 372 g/mol. The molecule has 2 aromatic carbocycles. The summed E-state index contributed by atoms with van der Waals surface area (Å²) in [6, 6.07) is 17.8. The van der Waals surface area contributed by atoms with Gasteiger partial charge in [-0.25, -0.2) is 9.97 Å². The second kappa shape index (κ2) is 8.18. The van der Waals surface area contributed by atoms with Crippen LogP contribution in [0.2, 0.25) is 0 Å². The van der Waals surface area contributed by atoms with E-state index in [-0.39, 0.29) is 5.91 Å². The molecule has 7 nitrogen and oxygen atoms in total. The molecule has 140 valence electrons. The number of nitrogens with zero attached hydrogens (tertiary/aromatic N) is 4. The van der Waals surface area contributed by atoms with E-state index in [9.17, 15) is 4.79 Å². The van der Waals surface area contributed by atoms with Gasteiger partial charge in [0, 0.05) is 37.1 Å². The van der Waals surface area contributed by atoms with Crippen LogP contribution in [0, 0.1) is 18.3 Å². The van der Waals surface area contributed by atoms with Crippen LogP contribution in [0.4, 0.5) is 23.0 Å². The number of rotatable bonds is 5. The van der Waals surface area contributed by atoms with E-state index in [1.807, 2.05) is 50.2 Å². The van der Waals surface area contributed by atoms with E-state index in [1.165, 1.54) is 0 Å². The lowest BCUT2D eigenvalue weighted by Gasteiger charge is -2.14. The fourth-order valence-corrected chi connectivity index (χ4v) is 2.56. The summed E-state index contributed by atoms with van der Waals surface area (Å²) in [5.74, 6) is 1.93. The van der Waals surface area contributed by atoms with Crippen LogP contribution in [0.5, 0.6) is 0 Å². The third-order valence-electron chi connectivity index (χ3n) is 3.95. The topological polar surface area (TPSA) is 93.9 Å². The van der Waals surface area contributed by atoms with Crippen LogP contribution in [-0.4, -0.2) is 30.0 Å². The SMILES string of the molecule is Cc1nc(Nc2ccc(NC(=O)c3cccc(C#N)c3)cc2)cc(N(C)C)n1. The van der Waals surface area contributed by atoms with Gasteiger partial charge in [0.2, 0.25) is 0 Å². The highest BCUT2D eigenvalue weighted by atomic mass is 16.1. The van der Waals surface area contributed by atoms with E-state index in [0.29, 0.717) is 28.5 Å². The van der Waals surface area contributed by atoms with E-state index in [1.54, 1.807) is 36.4 Å². The quantitative estimate of drug-likeness (QED) is 0.709. The average molecular weight is 372 g/mol. The number of nitriles is 1. The molecule has 1 amide bonds. The molecular formula is C21H20N6O. The lowest BCUT2D eigenvalue weighted by Crippen LogP contribution is -2.12. The molecule has 0 saturated heterocycles. The molecule has 0 bridgehead atoms. The van der Waals surface area contributed by atoms with Crippen LogP contribution in [0.1, 0.15) is 21.7 Å². The number of carbonyl (C=O) groups excluding carboxylic acids is 1. The normalized spacial score (nSPS) is 10.1. The van der Waals surface area contributed by atoms with Crippen LogP contribution >= 0.6 is 0 Å². The molecule has 0 aliphatic heterocycles. The summed E-state index contributed by atoms with van der Waals surface area (Å²) < 4.78 is 0. The van der Waals surface area contributed by atoms with Crippen molar-refractivity contribution in [3.63, 3.8) is 0 Å². The fourth-order valence-electron chi connectivity index (χ4n) is 2.56. The van der Waals surface area contributed by atoms with Crippen molar-refractivity contribution in [2.75, 3.05) is 29.6 Å². The number of aromatic nitrogens is 2. The molecule has 7 heteroatoms. The van der Waals surface area contributed by atoms with Crippen molar-refractivity contribution < 1.29 is 4.79 Å². The first-order valence-electron chi connectivity index (χ1n) is 8.66. The highest BCUT2D eigenvalue weighted by Crippen LogP contribution is 2.21. The zero-order valence-electron chi connectivity index (χ0n) is 15.9. The van der Waals surface area contributed by atoms with Gasteiger partial charge in [0.05, 0.1) is 11.6 Å². The van der Waals surface area contributed by atoms with Gasteiger partial charge in [-0.3, -0.25) is 4.79 Å². The molecular weight excluding hydrogens is 352 g/mol. The molecule has 3 rings (SSSR count). The second-order valence-corrected chi connectivity index (χ2v) is 6.40. The third kappa shape index (κ3) is 4.62. The standard InChI is InChI=1S/C21H20N6O/c1-14-23-19(12-20(24-14)27(2)3)25-17-7-9-18(10-8-17)26-21(28)16-6-4-5-15(11-16)13-22/h4-12H,1-3H3,(H,26,28)(H,23,24,25). The zero-order chi connectivity index (χ0) is 20.1. The van der Waals surface area contributed by atoms with Crippen molar-refractivity contribution in [3.8, 4) is 6.07 Å². The van der Waals surface area contributed by atoms with Gasteiger partial charge in [0.1, 0.15) is 17.5 Å². The smallest absolute Gasteiger partial charge is 0.255 e. The Kier molecular flexibility index (Phi) is 5.51. The van der Waals surface area contributed by atoms with E-state index in [0.717, 1.165) is 11.5 Å². The minimum atomic E-state index is -0.264. The summed E-state index contributed by atoms with van der Waals surface area (Å²) in [6.07, 6.45) is 0. The van der Waals surface area contributed by atoms with Gasteiger partial charge in [0.25, 0.3) is 5.91 Å². The summed E-state index contributed by atoms with van der Waals surface area (Å²) >= 11 is 0. The number of hydrogen-bond acceptors (Lipinski definition) is 6. The molecule has 0 spiro atoms. The Bertz CT molecular complexity index is 1040. The van der Waals surface area contributed by atoms with E-state index in [4.69, 9.17) is 5.26 Å². The Balaban J connectivity index is 1.70. The molecule has 0 radical (unpaired) electrons. The molecule has 28 heavy (non-hydrogen) atoms. The molecule has 0 unspecified atom stereocenters. The maximum atomic E-state index is 12.3. The molecule has 0 fully saturated rings. The van der Waals surface area contributed by atoms with Gasteiger partial charge in [-0.2, -0.15) is 5.26 Å². The minimum absolute atomic E-state index is 0.264. The van der Waals surface area contributed by atoms with E-state index < -0.39 is 0 Å². The highest BCUT2D eigenvalue weighted by Gasteiger charge is 2.08. The summed E-state index contributed by atoms with van der Waals surface area (Å²) in [5, 5.41) is 15.0. The number of aryl methyl sites for hydroxylation is 1. The maximum absolute atomic E-state index is 12.3. The minimum Gasteiger partial charge on any atom is -0.363 e. The number of anilines is 4. The number of hydrogen-bond donors (Lipinski definition) is 2. The fraction of sp³-hybridized carbons (Fsp3) is 0.143. The second-order valence-electron chi connectivity index (χ2n) is 6.40. The van der Waals surface area contributed by atoms with Crippen LogP contribution in [0.15, 0.2) is 54.6 Å². The Morgan fingerprint density at radius 3 is 2.43 bits per heavy atom. The lowest BCUT2D eigenvalue weighted by atomic mass is 10.1. The molecule has 0 atom stereocenters. The Morgan fingerprint density at radius 2 is 1.75 bits per heavy atom. The summed E-state index contributed by atoms with van der Waals surface area (Å²) in [6.45, 7) is 1.85. The molecule has 0 saturated carbocycles. The van der Waals surface area contributed by atoms with Gasteiger partial charge in [-0.05, 0) is 49.4 Å². The number of nitrogens with one attached hydrogen (secondary N) is 2. The van der Waals surface area contributed by atoms with Gasteiger partial charge >= 0.3 is 0 Å². The predicted molar refractivity (Wildman–Crippen MR) is 110 cm³/mol. The molecule has 1 heterocycles.